The monoisotopic (exact) mass is 356 g/mol. The lowest BCUT2D eigenvalue weighted by Gasteiger charge is -2.29. The van der Waals surface area contributed by atoms with Gasteiger partial charge in [0.25, 0.3) is 0 Å². The Morgan fingerprint density at radius 3 is 2.46 bits per heavy atom. The molecule has 0 amide bonds. The molecule has 0 radical (unpaired) electrons. The number of anilines is 1. The molecule has 1 aliphatic rings. The average Bonchev–Trinajstić information content (AvgIpc) is 2.65. The number of ether oxygens (including phenoxy) is 1. The van der Waals surface area contributed by atoms with Gasteiger partial charge in [0.2, 0.25) is 0 Å². The minimum Gasteiger partial charge on any atom is -0.378 e. The van der Waals surface area contributed by atoms with Crippen LogP contribution in [-0.2, 0) is 4.74 Å². The third-order valence-electron chi connectivity index (χ3n) is 4.79. The summed E-state index contributed by atoms with van der Waals surface area (Å²) in [6.45, 7) is 4.73. The molecule has 1 N–H and O–H groups in total. The molecule has 4 rings (SSSR count). The fourth-order valence-corrected chi connectivity index (χ4v) is 3.38. The van der Waals surface area contributed by atoms with Crippen LogP contribution in [0.5, 0.6) is 0 Å². The standard InChI is InChI=1S/C20H18F2N2O2/c1-12-19(23-17-11-14(21)10-16(22)18(17)20(12)25)13-2-4-15(5-3-13)24-6-8-26-9-7-24/h2-5,10-11H,6-9H2,1H3,(H,23,25). The van der Waals surface area contributed by atoms with Gasteiger partial charge in [0.1, 0.15) is 11.6 Å². The third-order valence-corrected chi connectivity index (χ3v) is 4.79. The molecule has 2 aromatic carbocycles. The van der Waals surface area contributed by atoms with E-state index in [1.807, 2.05) is 24.3 Å². The van der Waals surface area contributed by atoms with Crippen molar-refractivity contribution in [3.63, 3.8) is 0 Å². The molecule has 0 aliphatic carbocycles. The summed E-state index contributed by atoms with van der Waals surface area (Å²) in [6, 6.07) is 9.65. The molecule has 0 unspecified atom stereocenters. The molecule has 26 heavy (non-hydrogen) atoms. The highest BCUT2D eigenvalue weighted by molar-refractivity contribution is 5.84. The molecule has 0 saturated carbocycles. The van der Waals surface area contributed by atoms with Crippen LogP contribution in [0.4, 0.5) is 14.5 Å². The van der Waals surface area contributed by atoms with Gasteiger partial charge in [0.05, 0.1) is 29.8 Å². The van der Waals surface area contributed by atoms with E-state index in [2.05, 4.69) is 9.88 Å². The van der Waals surface area contributed by atoms with E-state index in [1.54, 1.807) is 6.92 Å². The van der Waals surface area contributed by atoms with E-state index >= 15 is 0 Å². The zero-order valence-corrected chi connectivity index (χ0v) is 14.3. The lowest BCUT2D eigenvalue weighted by molar-refractivity contribution is 0.122. The largest absolute Gasteiger partial charge is 0.378 e. The quantitative estimate of drug-likeness (QED) is 0.763. The average molecular weight is 356 g/mol. The Bertz CT molecular complexity index is 1020. The zero-order valence-electron chi connectivity index (χ0n) is 14.3. The maximum absolute atomic E-state index is 14.0. The molecule has 0 bridgehead atoms. The number of rotatable bonds is 2. The van der Waals surface area contributed by atoms with Gasteiger partial charge in [0.15, 0.2) is 5.43 Å². The highest BCUT2D eigenvalue weighted by Crippen LogP contribution is 2.26. The Morgan fingerprint density at radius 2 is 1.77 bits per heavy atom. The first kappa shape index (κ1) is 16.7. The molecule has 4 nitrogen and oxygen atoms in total. The van der Waals surface area contributed by atoms with Crippen molar-refractivity contribution >= 4 is 16.6 Å². The van der Waals surface area contributed by atoms with E-state index in [9.17, 15) is 13.6 Å². The van der Waals surface area contributed by atoms with Gasteiger partial charge in [-0.25, -0.2) is 8.78 Å². The van der Waals surface area contributed by atoms with Crippen LogP contribution in [-0.4, -0.2) is 31.3 Å². The van der Waals surface area contributed by atoms with Gasteiger partial charge < -0.3 is 14.6 Å². The minimum atomic E-state index is -0.849. The van der Waals surface area contributed by atoms with Gasteiger partial charge in [-0.15, -0.1) is 0 Å². The molecule has 1 aromatic heterocycles. The molecule has 0 atom stereocenters. The van der Waals surface area contributed by atoms with Crippen molar-refractivity contribution in [3.05, 3.63) is 63.8 Å². The number of pyridine rings is 1. The van der Waals surface area contributed by atoms with Gasteiger partial charge >= 0.3 is 0 Å². The summed E-state index contributed by atoms with van der Waals surface area (Å²) in [4.78, 5) is 17.8. The summed E-state index contributed by atoms with van der Waals surface area (Å²) in [6.07, 6.45) is 0. The Hall–Kier alpha value is -2.73. The maximum atomic E-state index is 14.0. The summed E-state index contributed by atoms with van der Waals surface area (Å²) >= 11 is 0. The number of fused-ring (bicyclic) bond motifs is 1. The van der Waals surface area contributed by atoms with Crippen molar-refractivity contribution in [2.24, 2.45) is 0 Å². The number of nitrogens with zero attached hydrogens (tertiary/aromatic N) is 1. The highest BCUT2D eigenvalue weighted by Gasteiger charge is 2.16. The Morgan fingerprint density at radius 1 is 1.08 bits per heavy atom. The van der Waals surface area contributed by atoms with Gasteiger partial charge in [-0.05, 0) is 30.7 Å². The molecular formula is C20H18F2N2O2. The molecule has 0 spiro atoms. The summed E-state index contributed by atoms with van der Waals surface area (Å²) in [7, 11) is 0. The molecule has 3 aromatic rings. The minimum absolute atomic E-state index is 0.113. The van der Waals surface area contributed by atoms with E-state index in [0.29, 0.717) is 24.5 Å². The van der Waals surface area contributed by atoms with Crippen LogP contribution in [0.2, 0.25) is 0 Å². The number of hydrogen-bond donors (Lipinski definition) is 1. The summed E-state index contributed by atoms with van der Waals surface area (Å²) < 4.78 is 32.9. The van der Waals surface area contributed by atoms with Crippen LogP contribution in [0.25, 0.3) is 22.2 Å². The number of H-pyrrole nitrogens is 1. The fourth-order valence-electron chi connectivity index (χ4n) is 3.38. The smallest absolute Gasteiger partial charge is 0.195 e. The van der Waals surface area contributed by atoms with E-state index in [1.165, 1.54) is 0 Å². The molecule has 134 valence electrons. The first-order valence-corrected chi connectivity index (χ1v) is 8.49. The number of benzene rings is 2. The number of hydrogen-bond acceptors (Lipinski definition) is 3. The number of halogens is 2. The molecule has 1 fully saturated rings. The topological polar surface area (TPSA) is 45.3 Å². The Labute approximate surface area is 149 Å². The highest BCUT2D eigenvalue weighted by atomic mass is 19.1. The predicted molar refractivity (Wildman–Crippen MR) is 97.7 cm³/mol. The number of aromatic amines is 1. The molecule has 1 saturated heterocycles. The van der Waals surface area contributed by atoms with Crippen molar-refractivity contribution in [1.82, 2.24) is 4.98 Å². The summed E-state index contributed by atoms with van der Waals surface area (Å²) in [5, 5.41) is -0.113. The third kappa shape index (κ3) is 2.86. The fraction of sp³-hybridized carbons (Fsp3) is 0.250. The first-order chi connectivity index (χ1) is 12.5. The SMILES string of the molecule is Cc1c(-c2ccc(N3CCOCC3)cc2)[nH]c2cc(F)cc(F)c2c1=O. The van der Waals surface area contributed by atoms with E-state index in [-0.39, 0.29) is 10.9 Å². The molecule has 1 aliphatic heterocycles. The van der Waals surface area contributed by atoms with Crippen molar-refractivity contribution in [1.29, 1.82) is 0 Å². The van der Waals surface area contributed by atoms with Gasteiger partial charge in [-0.3, -0.25) is 4.79 Å². The first-order valence-electron chi connectivity index (χ1n) is 8.49. The second-order valence-corrected chi connectivity index (χ2v) is 6.41. The maximum Gasteiger partial charge on any atom is 0.195 e. The van der Waals surface area contributed by atoms with E-state index < -0.39 is 17.1 Å². The van der Waals surface area contributed by atoms with Gasteiger partial charge in [-0.1, -0.05) is 12.1 Å². The van der Waals surface area contributed by atoms with Gasteiger partial charge in [-0.2, -0.15) is 0 Å². The Balaban J connectivity index is 1.79. The normalized spacial score (nSPS) is 14.8. The number of nitrogens with one attached hydrogen (secondary N) is 1. The van der Waals surface area contributed by atoms with Crippen LogP contribution >= 0.6 is 0 Å². The molecule has 6 heteroatoms. The number of aromatic nitrogens is 1. The lowest BCUT2D eigenvalue weighted by Crippen LogP contribution is -2.36. The van der Waals surface area contributed by atoms with Crippen molar-refractivity contribution in [2.75, 3.05) is 31.2 Å². The molecular weight excluding hydrogens is 338 g/mol. The van der Waals surface area contributed by atoms with E-state index in [4.69, 9.17) is 4.74 Å². The van der Waals surface area contributed by atoms with Crippen molar-refractivity contribution in [3.8, 4) is 11.3 Å². The second kappa shape index (κ2) is 6.53. The molecule has 2 heterocycles. The van der Waals surface area contributed by atoms with Crippen molar-refractivity contribution < 1.29 is 13.5 Å². The van der Waals surface area contributed by atoms with Crippen LogP contribution in [0.1, 0.15) is 5.56 Å². The van der Waals surface area contributed by atoms with E-state index in [0.717, 1.165) is 36.5 Å². The van der Waals surface area contributed by atoms with Crippen LogP contribution < -0.4 is 10.3 Å². The summed E-state index contributed by atoms with van der Waals surface area (Å²) in [5.74, 6) is -1.57. The summed E-state index contributed by atoms with van der Waals surface area (Å²) in [5.41, 5.74) is 2.58. The van der Waals surface area contributed by atoms with Crippen LogP contribution in [0.3, 0.4) is 0 Å². The lowest BCUT2D eigenvalue weighted by atomic mass is 10.0. The zero-order chi connectivity index (χ0) is 18.3. The van der Waals surface area contributed by atoms with Gasteiger partial charge in [0, 0.05) is 30.4 Å². The predicted octanol–water partition coefficient (Wildman–Crippen LogP) is 3.62. The number of morpholine rings is 1. The Kier molecular flexibility index (Phi) is 4.20. The van der Waals surface area contributed by atoms with Crippen LogP contribution in [0, 0.1) is 18.6 Å². The second-order valence-electron chi connectivity index (χ2n) is 6.41. The van der Waals surface area contributed by atoms with Crippen molar-refractivity contribution in [2.45, 2.75) is 6.92 Å². The van der Waals surface area contributed by atoms with Crippen LogP contribution in [0.15, 0.2) is 41.2 Å².